The molecule has 1 aromatic carbocycles. The van der Waals surface area contributed by atoms with Crippen molar-refractivity contribution in [1.82, 2.24) is 14.5 Å². The SMILES string of the molecule is CC12C[C@@H]3CC1C[C@H]2C[C@H](N1C2(C)COC4C[C@]41C[C@@H](n1c(=O)c(N4CC[C@H]4C(=O)O)nc4ccccc41)C2)C3. The average Bonchev–Trinajstić information content (AvgIpc) is 3.51. The summed E-state index contributed by atoms with van der Waals surface area (Å²) in [6.45, 7) is 6.25. The van der Waals surface area contributed by atoms with E-state index in [9.17, 15) is 14.7 Å². The van der Waals surface area contributed by atoms with Gasteiger partial charge in [-0.25, -0.2) is 9.78 Å². The second-order valence-electron chi connectivity index (χ2n) is 15.0. The van der Waals surface area contributed by atoms with Crippen LogP contribution in [0.15, 0.2) is 29.1 Å². The highest BCUT2D eigenvalue weighted by molar-refractivity contribution is 5.81. The van der Waals surface area contributed by atoms with Gasteiger partial charge < -0.3 is 19.3 Å². The van der Waals surface area contributed by atoms with E-state index < -0.39 is 12.0 Å². The number of morpholine rings is 1. The highest BCUT2D eigenvalue weighted by Gasteiger charge is 2.72. The molecule has 4 aliphatic carbocycles. The second kappa shape index (κ2) is 7.68. The van der Waals surface area contributed by atoms with Crippen molar-refractivity contribution in [1.29, 1.82) is 0 Å². The zero-order valence-corrected chi connectivity index (χ0v) is 23.6. The number of ether oxygens (including phenoxy) is 1. The molecule has 8 nitrogen and oxygen atoms in total. The number of benzene rings is 1. The molecule has 0 amide bonds. The lowest BCUT2D eigenvalue weighted by atomic mass is 9.54. The van der Waals surface area contributed by atoms with Crippen LogP contribution < -0.4 is 10.5 Å². The Bertz CT molecular complexity index is 1500. The van der Waals surface area contributed by atoms with E-state index in [1.54, 1.807) is 4.90 Å². The van der Waals surface area contributed by atoms with Gasteiger partial charge in [0, 0.05) is 24.2 Å². The van der Waals surface area contributed by atoms with Gasteiger partial charge in [-0.1, -0.05) is 19.1 Å². The monoisotopic (exact) mass is 544 g/mol. The van der Waals surface area contributed by atoms with Crippen LogP contribution in [0.4, 0.5) is 5.82 Å². The second-order valence-corrected chi connectivity index (χ2v) is 15.0. The van der Waals surface area contributed by atoms with Gasteiger partial charge in [0.15, 0.2) is 5.82 Å². The van der Waals surface area contributed by atoms with Crippen molar-refractivity contribution >= 4 is 22.8 Å². The molecule has 1 aromatic heterocycles. The van der Waals surface area contributed by atoms with Gasteiger partial charge in [-0.15, -0.1) is 0 Å². The number of aliphatic carboxylic acids is 1. The van der Waals surface area contributed by atoms with Gasteiger partial charge >= 0.3 is 5.97 Å². The van der Waals surface area contributed by atoms with Crippen molar-refractivity contribution in [2.24, 2.45) is 23.2 Å². The van der Waals surface area contributed by atoms with Crippen LogP contribution >= 0.6 is 0 Å². The van der Waals surface area contributed by atoms with E-state index in [-0.39, 0.29) is 28.8 Å². The summed E-state index contributed by atoms with van der Waals surface area (Å²) in [7, 11) is 0. The first-order valence-corrected chi connectivity index (χ1v) is 15.6. The van der Waals surface area contributed by atoms with Gasteiger partial charge in [0.25, 0.3) is 5.56 Å². The molecule has 2 aromatic rings. The van der Waals surface area contributed by atoms with Crippen molar-refractivity contribution in [2.75, 3.05) is 18.1 Å². The molecular weight excluding hydrogens is 504 g/mol. The number of fused-ring (bicyclic) bond motifs is 3. The number of aromatic nitrogens is 2. The maximum atomic E-state index is 14.2. The van der Waals surface area contributed by atoms with Crippen LogP contribution in [0.5, 0.6) is 0 Å². The molecule has 4 unspecified atom stereocenters. The predicted molar refractivity (Wildman–Crippen MR) is 150 cm³/mol. The van der Waals surface area contributed by atoms with Gasteiger partial charge in [-0.2, -0.15) is 0 Å². The smallest absolute Gasteiger partial charge is 0.326 e. The maximum absolute atomic E-state index is 14.2. The normalized spacial score (nSPS) is 46.8. The van der Waals surface area contributed by atoms with Crippen molar-refractivity contribution in [3.63, 3.8) is 0 Å². The summed E-state index contributed by atoms with van der Waals surface area (Å²) in [5, 5.41) is 9.72. The molecule has 4 bridgehead atoms. The minimum Gasteiger partial charge on any atom is -0.480 e. The molecular formula is C32H40N4O4. The first-order chi connectivity index (χ1) is 19.2. The third kappa shape index (κ3) is 2.97. The van der Waals surface area contributed by atoms with E-state index >= 15 is 0 Å². The van der Waals surface area contributed by atoms with Crippen molar-refractivity contribution < 1.29 is 14.6 Å². The summed E-state index contributed by atoms with van der Waals surface area (Å²) < 4.78 is 8.50. The highest BCUT2D eigenvalue weighted by atomic mass is 16.5. The largest absolute Gasteiger partial charge is 0.480 e. The van der Waals surface area contributed by atoms with E-state index in [0.717, 1.165) is 54.7 Å². The Balaban J connectivity index is 1.12. The third-order valence-corrected chi connectivity index (χ3v) is 12.9. The van der Waals surface area contributed by atoms with E-state index in [0.29, 0.717) is 30.2 Å². The van der Waals surface area contributed by atoms with Crippen LogP contribution in [0.2, 0.25) is 0 Å². The van der Waals surface area contributed by atoms with Crippen LogP contribution in [-0.4, -0.2) is 67.9 Å². The molecule has 4 heterocycles. The number of hydrogen-bond donors (Lipinski definition) is 1. The fraction of sp³-hybridized carbons (Fsp3) is 0.719. The van der Waals surface area contributed by atoms with E-state index in [1.165, 1.54) is 32.1 Å². The topological polar surface area (TPSA) is 87.9 Å². The summed E-state index contributed by atoms with van der Waals surface area (Å²) in [6, 6.07) is 7.87. The number of hydrogen-bond acceptors (Lipinski definition) is 6. The average molecular weight is 545 g/mol. The Kier molecular flexibility index (Phi) is 4.64. The summed E-state index contributed by atoms with van der Waals surface area (Å²) >= 11 is 0. The fourth-order valence-electron chi connectivity index (χ4n) is 11.1. The molecule has 1 spiro atoms. The quantitative estimate of drug-likeness (QED) is 0.617. The number of rotatable bonds is 4. The number of piperidine rings is 1. The van der Waals surface area contributed by atoms with Crippen LogP contribution in [0.3, 0.4) is 0 Å². The Labute approximate surface area is 234 Å². The molecule has 212 valence electrons. The standard InChI is InChI=1S/C32H40N4O4/c1-30-14-22(35-24-6-4-3-5-23(24)33-27(28(35)37)34-8-7-25(34)29(38)39)15-32(16-26(32)40-17-30)36(30)21-10-18-9-19-11-20(12-21)31(19,2)13-18/h3-6,18-22,25-26H,7-17H2,1-2H3,(H,38,39)/t18-,19?,20+,21-,22+,25+,26?,30?,31?,32-/m1/s1. The zero-order valence-electron chi connectivity index (χ0n) is 23.6. The minimum atomic E-state index is -0.886. The van der Waals surface area contributed by atoms with Crippen molar-refractivity contribution in [2.45, 2.75) is 107 Å². The van der Waals surface area contributed by atoms with Crippen molar-refractivity contribution in [3.8, 4) is 0 Å². The van der Waals surface area contributed by atoms with Gasteiger partial charge in [-0.05, 0) is 100 Å². The highest BCUT2D eigenvalue weighted by Crippen LogP contribution is 2.69. The van der Waals surface area contributed by atoms with Gasteiger partial charge in [0.1, 0.15) is 6.04 Å². The third-order valence-electron chi connectivity index (χ3n) is 12.9. The van der Waals surface area contributed by atoms with Crippen LogP contribution in [-0.2, 0) is 9.53 Å². The Morgan fingerprint density at radius 1 is 1.02 bits per heavy atom. The Hall–Kier alpha value is -2.45. The molecule has 3 aliphatic heterocycles. The molecule has 4 saturated carbocycles. The van der Waals surface area contributed by atoms with E-state index in [2.05, 4.69) is 18.7 Å². The lowest BCUT2D eigenvalue weighted by Gasteiger charge is -2.60. The first-order valence-electron chi connectivity index (χ1n) is 15.6. The fourth-order valence-corrected chi connectivity index (χ4v) is 11.1. The maximum Gasteiger partial charge on any atom is 0.326 e. The predicted octanol–water partition coefficient (Wildman–Crippen LogP) is 4.21. The first kappa shape index (κ1) is 24.2. The van der Waals surface area contributed by atoms with Gasteiger partial charge in [-0.3, -0.25) is 9.69 Å². The summed E-state index contributed by atoms with van der Waals surface area (Å²) in [5.74, 6) is 2.09. The number of nitrogens with zero attached hydrogens (tertiary/aromatic N) is 4. The Morgan fingerprint density at radius 2 is 1.85 bits per heavy atom. The minimum absolute atomic E-state index is 0.00144. The molecule has 0 radical (unpaired) electrons. The Morgan fingerprint density at radius 3 is 2.65 bits per heavy atom. The zero-order chi connectivity index (χ0) is 27.2. The number of para-hydroxylation sites is 2. The lowest BCUT2D eigenvalue weighted by Crippen LogP contribution is -2.69. The molecule has 10 atom stereocenters. The summed E-state index contributed by atoms with van der Waals surface area (Å²) in [5.41, 5.74) is 1.93. The molecule has 7 aliphatic rings. The number of carboxylic acids is 1. The lowest BCUT2D eigenvalue weighted by molar-refractivity contribution is -0.166. The van der Waals surface area contributed by atoms with Crippen LogP contribution in [0, 0.1) is 23.2 Å². The van der Waals surface area contributed by atoms with Crippen LogP contribution in [0.25, 0.3) is 11.0 Å². The molecule has 40 heavy (non-hydrogen) atoms. The van der Waals surface area contributed by atoms with Gasteiger partial charge in [0.05, 0.1) is 29.3 Å². The number of carboxylic acid groups (broad SMARTS) is 1. The van der Waals surface area contributed by atoms with E-state index in [1.807, 2.05) is 28.8 Å². The summed E-state index contributed by atoms with van der Waals surface area (Å²) in [4.78, 5) is 35.5. The molecule has 7 fully saturated rings. The molecule has 8 heteroatoms. The summed E-state index contributed by atoms with van der Waals surface area (Å²) in [6.07, 6.45) is 10.6. The van der Waals surface area contributed by atoms with Crippen molar-refractivity contribution in [3.05, 3.63) is 34.6 Å². The molecule has 1 N–H and O–H groups in total. The number of carbonyl (C=O) groups is 1. The number of anilines is 1. The van der Waals surface area contributed by atoms with Gasteiger partial charge in [0.2, 0.25) is 0 Å². The molecule has 3 saturated heterocycles. The van der Waals surface area contributed by atoms with Crippen LogP contribution in [0.1, 0.15) is 77.7 Å². The van der Waals surface area contributed by atoms with E-state index in [4.69, 9.17) is 9.72 Å². The molecule has 9 rings (SSSR count).